The van der Waals surface area contributed by atoms with Crippen LogP contribution in [0.2, 0.25) is 0 Å². The number of carbonyl (C=O) groups is 2. The molecule has 144 valence electrons. The van der Waals surface area contributed by atoms with Crippen LogP contribution in [0.3, 0.4) is 0 Å². The van der Waals surface area contributed by atoms with Crippen molar-refractivity contribution >= 4 is 11.9 Å². The van der Waals surface area contributed by atoms with Crippen molar-refractivity contribution in [2.24, 2.45) is 0 Å². The summed E-state index contributed by atoms with van der Waals surface area (Å²) in [6, 6.07) is 0. The van der Waals surface area contributed by atoms with E-state index < -0.39 is 29.9 Å². The van der Waals surface area contributed by atoms with Crippen LogP contribution in [-0.2, 0) is 38.0 Å². The van der Waals surface area contributed by atoms with Gasteiger partial charge in [0.2, 0.25) is 11.6 Å². The Morgan fingerprint density at radius 3 is 1.32 bits per heavy atom. The molecule has 0 aromatic carbocycles. The van der Waals surface area contributed by atoms with E-state index in [9.17, 15) is 9.59 Å². The third-order valence-electron chi connectivity index (χ3n) is 3.59. The maximum atomic E-state index is 11.8. The van der Waals surface area contributed by atoms with Gasteiger partial charge in [-0.1, -0.05) is 12.2 Å². The van der Waals surface area contributed by atoms with Crippen molar-refractivity contribution in [3.05, 3.63) is 25.3 Å². The third-order valence-corrected chi connectivity index (χ3v) is 3.59. The second kappa shape index (κ2) is 11.8. The van der Waals surface area contributed by atoms with Gasteiger partial charge in [0.25, 0.3) is 0 Å². The molecule has 0 radical (unpaired) electrons. The summed E-state index contributed by atoms with van der Waals surface area (Å²) in [6.07, 6.45) is 3.20. The second-order valence-electron chi connectivity index (χ2n) is 5.12. The lowest BCUT2D eigenvalue weighted by atomic mass is 10.2. The fraction of sp³-hybridized carbons (Fsp3) is 0.647. The molecule has 0 saturated heterocycles. The molecule has 0 aliphatic heterocycles. The first-order valence-corrected chi connectivity index (χ1v) is 7.60. The van der Waals surface area contributed by atoms with Crippen LogP contribution in [0, 0.1) is 0 Å². The smallest absolute Gasteiger partial charge is 0.317 e. The first-order valence-electron chi connectivity index (χ1n) is 7.60. The average molecular weight is 360 g/mol. The summed E-state index contributed by atoms with van der Waals surface area (Å²) in [5, 5.41) is 0. The van der Waals surface area contributed by atoms with Crippen LogP contribution in [0.25, 0.3) is 0 Å². The summed E-state index contributed by atoms with van der Waals surface area (Å²) in [5.74, 6) is -3.80. The van der Waals surface area contributed by atoms with Crippen molar-refractivity contribution in [1.82, 2.24) is 0 Å². The number of hydrogen-bond acceptors (Lipinski definition) is 8. The summed E-state index contributed by atoms with van der Waals surface area (Å²) >= 11 is 0. The number of esters is 2. The van der Waals surface area contributed by atoms with Gasteiger partial charge in [0.1, 0.15) is 19.6 Å². The molecule has 25 heavy (non-hydrogen) atoms. The van der Waals surface area contributed by atoms with Crippen LogP contribution in [-0.4, -0.2) is 65.2 Å². The largest absolute Gasteiger partial charge is 0.459 e. The van der Waals surface area contributed by atoms with Crippen LogP contribution < -0.4 is 0 Å². The minimum absolute atomic E-state index is 0.186. The second-order valence-corrected chi connectivity index (χ2v) is 5.12. The quantitative estimate of drug-likeness (QED) is 0.200. The summed E-state index contributed by atoms with van der Waals surface area (Å²) < 4.78 is 30.9. The molecule has 8 heteroatoms. The van der Waals surface area contributed by atoms with Crippen LogP contribution >= 0.6 is 0 Å². The number of rotatable bonds is 14. The van der Waals surface area contributed by atoms with Crippen molar-refractivity contribution < 1.29 is 38.0 Å². The molecule has 0 amide bonds. The van der Waals surface area contributed by atoms with Gasteiger partial charge < -0.3 is 28.4 Å². The van der Waals surface area contributed by atoms with Crippen LogP contribution in [0.15, 0.2) is 25.3 Å². The highest BCUT2D eigenvalue weighted by atomic mass is 16.7. The predicted octanol–water partition coefficient (Wildman–Crippen LogP) is 1.59. The number of methoxy groups -OCH3 is 4. The van der Waals surface area contributed by atoms with Gasteiger partial charge in [-0.15, -0.1) is 13.2 Å². The van der Waals surface area contributed by atoms with Gasteiger partial charge in [-0.25, -0.2) is 0 Å². The zero-order valence-electron chi connectivity index (χ0n) is 15.4. The molecule has 0 aliphatic carbocycles. The first kappa shape index (κ1) is 23.3. The van der Waals surface area contributed by atoms with Crippen molar-refractivity contribution in [2.45, 2.75) is 30.8 Å². The molecule has 0 spiro atoms. The SMILES string of the molecule is C=CCC(COC(=O)CC(=O)OCC(CC=C)(OC)OC)(OC)OC. The van der Waals surface area contributed by atoms with E-state index in [2.05, 4.69) is 13.2 Å². The molecule has 0 saturated carbocycles. The normalized spacial score (nSPS) is 11.7. The molecule has 0 unspecified atom stereocenters. The van der Waals surface area contributed by atoms with Gasteiger partial charge >= 0.3 is 11.9 Å². The fourth-order valence-corrected chi connectivity index (χ4v) is 1.89. The summed E-state index contributed by atoms with van der Waals surface area (Å²) in [5.41, 5.74) is 0. The van der Waals surface area contributed by atoms with Gasteiger partial charge in [0.05, 0.1) is 0 Å². The average Bonchev–Trinajstić information content (AvgIpc) is 2.62. The van der Waals surface area contributed by atoms with Gasteiger partial charge in [-0.2, -0.15) is 0 Å². The van der Waals surface area contributed by atoms with E-state index in [1.165, 1.54) is 28.4 Å². The number of hydrogen-bond donors (Lipinski definition) is 0. The molecule has 0 aromatic heterocycles. The monoisotopic (exact) mass is 360 g/mol. The molecular weight excluding hydrogens is 332 g/mol. The predicted molar refractivity (Wildman–Crippen MR) is 89.7 cm³/mol. The summed E-state index contributed by atoms with van der Waals surface area (Å²) in [4.78, 5) is 23.6. The molecule has 0 N–H and O–H groups in total. The molecule has 0 bridgehead atoms. The van der Waals surface area contributed by atoms with Crippen molar-refractivity contribution in [3.8, 4) is 0 Å². The highest BCUT2D eigenvalue weighted by Gasteiger charge is 2.32. The van der Waals surface area contributed by atoms with Gasteiger partial charge in [0.15, 0.2) is 0 Å². The van der Waals surface area contributed by atoms with E-state index >= 15 is 0 Å². The van der Waals surface area contributed by atoms with E-state index in [0.717, 1.165) is 0 Å². The maximum absolute atomic E-state index is 11.8. The molecule has 0 fully saturated rings. The fourth-order valence-electron chi connectivity index (χ4n) is 1.89. The van der Waals surface area contributed by atoms with Gasteiger partial charge in [0, 0.05) is 41.3 Å². The summed E-state index contributed by atoms with van der Waals surface area (Å²) in [6.45, 7) is 6.81. The summed E-state index contributed by atoms with van der Waals surface area (Å²) in [7, 11) is 5.68. The lowest BCUT2D eigenvalue weighted by molar-refractivity contribution is -0.235. The highest BCUT2D eigenvalue weighted by molar-refractivity contribution is 5.91. The van der Waals surface area contributed by atoms with Gasteiger partial charge in [-0.05, 0) is 0 Å². The van der Waals surface area contributed by atoms with Crippen LogP contribution in [0.5, 0.6) is 0 Å². The Labute approximate surface area is 148 Å². The number of ether oxygens (including phenoxy) is 6. The Bertz CT molecular complexity index is 398. The Kier molecular flexibility index (Phi) is 10.9. The molecule has 0 aliphatic rings. The lowest BCUT2D eigenvalue weighted by Crippen LogP contribution is -2.40. The third kappa shape index (κ3) is 7.78. The van der Waals surface area contributed by atoms with Crippen molar-refractivity contribution in [2.75, 3.05) is 41.7 Å². The zero-order chi connectivity index (χ0) is 19.3. The molecule has 0 atom stereocenters. The Hall–Kier alpha value is -1.74. The topological polar surface area (TPSA) is 89.5 Å². The lowest BCUT2D eigenvalue weighted by Gasteiger charge is -2.29. The standard InChI is InChI=1S/C17H28O8/c1-7-9-16(20-3,21-4)12-24-14(18)11-15(19)25-13-17(22-5,23-6)10-8-2/h7-8H,1-2,9-13H2,3-6H3. The molecule has 0 rings (SSSR count). The molecule has 0 heterocycles. The van der Waals surface area contributed by atoms with Gasteiger partial charge in [-0.3, -0.25) is 9.59 Å². The minimum atomic E-state index is -1.13. The Balaban J connectivity index is 4.49. The zero-order valence-corrected chi connectivity index (χ0v) is 15.4. The molecule has 0 aromatic rings. The van der Waals surface area contributed by atoms with E-state index in [1.54, 1.807) is 12.2 Å². The van der Waals surface area contributed by atoms with E-state index in [0.29, 0.717) is 12.8 Å². The van der Waals surface area contributed by atoms with E-state index in [1.807, 2.05) is 0 Å². The van der Waals surface area contributed by atoms with Crippen molar-refractivity contribution in [1.29, 1.82) is 0 Å². The van der Waals surface area contributed by atoms with Crippen molar-refractivity contribution in [3.63, 3.8) is 0 Å². The van der Waals surface area contributed by atoms with E-state index in [4.69, 9.17) is 28.4 Å². The minimum Gasteiger partial charge on any atom is -0.459 e. The molecular formula is C17H28O8. The highest BCUT2D eigenvalue weighted by Crippen LogP contribution is 2.19. The Morgan fingerprint density at radius 2 is 1.08 bits per heavy atom. The maximum Gasteiger partial charge on any atom is 0.317 e. The number of carbonyl (C=O) groups excluding carboxylic acids is 2. The first-order chi connectivity index (χ1) is 11.9. The molecule has 8 nitrogen and oxygen atoms in total. The van der Waals surface area contributed by atoms with Crippen LogP contribution in [0.1, 0.15) is 19.3 Å². The Morgan fingerprint density at radius 1 is 0.760 bits per heavy atom. The van der Waals surface area contributed by atoms with E-state index in [-0.39, 0.29) is 13.2 Å². The van der Waals surface area contributed by atoms with Crippen LogP contribution in [0.4, 0.5) is 0 Å².